The van der Waals surface area contributed by atoms with Gasteiger partial charge in [0.15, 0.2) is 0 Å². The van der Waals surface area contributed by atoms with Crippen molar-refractivity contribution < 1.29 is 13.0 Å². The third kappa shape index (κ3) is 9.17. The van der Waals surface area contributed by atoms with Crippen LogP contribution >= 0.6 is 0 Å². The summed E-state index contributed by atoms with van der Waals surface area (Å²) in [5.74, 6) is -0.368. The Hall–Kier alpha value is -0.350. The lowest BCUT2D eigenvalue weighted by molar-refractivity contribution is 0.487. The van der Waals surface area contributed by atoms with E-state index in [0.29, 0.717) is 0 Å². The Labute approximate surface area is 49.8 Å². The van der Waals surface area contributed by atoms with E-state index in [4.69, 9.17) is 4.55 Å². The fourth-order valence-corrected chi connectivity index (χ4v) is 0.447. The van der Waals surface area contributed by atoms with Gasteiger partial charge < -0.3 is 0 Å². The van der Waals surface area contributed by atoms with Crippen LogP contribution in [0.5, 0.6) is 0 Å². The summed E-state index contributed by atoms with van der Waals surface area (Å²) in [5.41, 5.74) is 0. The molecule has 1 N–H and O–H groups in total. The minimum absolute atomic E-state index is 0. The van der Waals surface area contributed by atoms with Crippen LogP contribution in [-0.4, -0.2) is 18.7 Å². The monoisotopic (exact) mass is 138 g/mol. The molecule has 0 bridgehead atoms. The van der Waals surface area contributed by atoms with E-state index < -0.39 is 10.1 Å². The molecule has 0 radical (unpaired) electrons. The van der Waals surface area contributed by atoms with Crippen LogP contribution in [0, 0.1) is 0 Å². The number of hydrogen-bond donors (Lipinski definition) is 1. The molecule has 4 heteroatoms. The largest absolute Gasteiger partial charge is 0.285 e. The van der Waals surface area contributed by atoms with Gasteiger partial charge in [0, 0.05) is 0 Å². The molecule has 0 aromatic heterocycles. The molecular weight excluding hydrogens is 128 g/mol. The summed E-state index contributed by atoms with van der Waals surface area (Å²) in [4.78, 5) is 0. The van der Waals surface area contributed by atoms with Gasteiger partial charge in [0.05, 0.1) is 5.75 Å². The van der Waals surface area contributed by atoms with E-state index in [-0.39, 0.29) is 13.2 Å². The first-order valence-electron chi connectivity index (χ1n) is 1.62. The van der Waals surface area contributed by atoms with Gasteiger partial charge in [-0.2, -0.15) is 8.42 Å². The zero-order valence-corrected chi connectivity index (χ0v) is 4.48. The van der Waals surface area contributed by atoms with Gasteiger partial charge in [-0.15, -0.1) is 6.58 Å². The van der Waals surface area contributed by atoms with Crippen molar-refractivity contribution in [2.75, 3.05) is 5.75 Å². The quantitative estimate of drug-likeness (QED) is 0.451. The molecular formula is C4H10O3S. The zero-order valence-electron chi connectivity index (χ0n) is 3.66. The summed E-state index contributed by atoms with van der Waals surface area (Å²) in [6, 6.07) is 0. The van der Waals surface area contributed by atoms with Crippen molar-refractivity contribution in [3.8, 4) is 0 Å². The lowest BCUT2D eigenvalue weighted by atomic mass is 10.8. The minimum atomic E-state index is -3.79. The van der Waals surface area contributed by atoms with Gasteiger partial charge in [0.25, 0.3) is 10.1 Å². The highest BCUT2D eigenvalue weighted by Gasteiger charge is 1.95. The smallest absolute Gasteiger partial charge is 0.268 e. The maximum atomic E-state index is 9.72. The zero-order chi connectivity index (χ0) is 5.91. The Morgan fingerprint density at radius 3 is 2.00 bits per heavy atom. The molecule has 0 amide bonds. The third-order valence-electron chi connectivity index (χ3n) is 0.328. The third-order valence-corrected chi connectivity index (χ3v) is 0.985. The molecule has 0 fully saturated rings. The van der Waals surface area contributed by atoms with Crippen LogP contribution in [-0.2, 0) is 10.1 Å². The molecule has 3 nitrogen and oxygen atoms in total. The van der Waals surface area contributed by atoms with Crippen LogP contribution in [0.25, 0.3) is 0 Å². The highest BCUT2D eigenvalue weighted by Crippen LogP contribution is 1.78. The van der Waals surface area contributed by atoms with Crippen LogP contribution in [0.15, 0.2) is 12.7 Å². The van der Waals surface area contributed by atoms with Gasteiger partial charge in [-0.1, -0.05) is 13.5 Å². The van der Waals surface area contributed by atoms with Crippen molar-refractivity contribution >= 4 is 10.1 Å². The standard InChI is InChI=1S/C3H6O3S.CH4/c1-2-3-7(4,5)6;/h2H,1,3H2,(H,4,5,6);1H4. The van der Waals surface area contributed by atoms with Crippen molar-refractivity contribution in [3.05, 3.63) is 12.7 Å². The first-order valence-corrected chi connectivity index (χ1v) is 3.23. The first kappa shape index (κ1) is 10.6. The fraction of sp³-hybridized carbons (Fsp3) is 0.500. The topological polar surface area (TPSA) is 54.4 Å². The summed E-state index contributed by atoms with van der Waals surface area (Å²) in [5, 5.41) is 0. The highest BCUT2D eigenvalue weighted by atomic mass is 32.2. The normalized spacial score (nSPS) is 9.62. The van der Waals surface area contributed by atoms with E-state index in [1.165, 1.54) is 0 Å². The summed E-state index contributed by atoms with van der Waals surface area (Å²) < 4.78 is 27.3. The van der Waals surface area contributed by atoms with E-state index in [2.05, 4.69) is 6.58 Å². The summed E-state index contributed by atoms with van der Waals surface area (Å²) in [7, 11) is -3.79. The Balaban J connectivity index is 0. The molecule has 0 atom stereocenters. The van der Waals surface area contributed by atoms with Gasteiger partial charge in [-0.25, -0.2) is 0 Å². The molecule has 0 aromatic carbocycles. The molecule has 0 spiro atoms. The predicted molar refractivity (Wildman–Crippen MR) is 33.3 cm³/mol. The Bertz CT molecular complexity index is 145. The van der Waals surface area contributed by atoms with Crippen LogP contribution in [0.1, 0.15) is 7.43 Å². The van der Waals surface area contributed by atoms with Crippen molar-refractivity contribution in [3.63, 3.8) is 0 Å². The average Bonchev–Trinajstić information content (AvgIpc) is 1.30. The molecule has 0 aromatic rings. The van der Waals surface area contributed by atoms with Gasteiger partial charge >= 0.3 is 0 Å². The van der Waals surface area contributed by atoms with Gasteiger partial charge in [-0.05, 0) is 0 Å². The maximum absolute atomic E-state index is 9.72. The lowest BCUT2D eigenvalue weighted by Crippen LogP contribution is -1.99. The fourth-order valence-electron chi connectivity index (χ4n) is 0.149. The second-order valence-electron chi connectivity index (χ2n) is 1.04. The Kier molecular flexibility index (Phi) is 4.81. The lowest BCUT2D eigenvalue weighted by Gasteiger charge is -1.82. The van der Waals surface area contributed by atoms with Gasteiger partial charge in [0.1, 0.15) is 0 Å². The van der Waals surface area contributed by atoms with Crippen molar-refractivity contribution in [1.29, 1.82) is 0 Å². The minimum Gasteiger partial charge on any atom is -0.285 e. The van der Waals surface area contributed by atoms with Crippen LogP contribution in [0.4, 0.5) is 0 Å². The molecule has 0 aliphatic carbocycles. The van der Waals surface area contributed by atoms with E-state index in [1.54, 1.807) is 0 Å². The maximum Gasteiger partial charge on any atom is 0.268 e. The molecule has 50 valence electrons. The van der Waals surface area contributed by atoms with Crippen LogP contribution in [0.3, 0.4) is 0 Å². The Morgan fingerprint density at radius 2 is 2.00 bits per heavy atom. The van der Waals surface area contributed by atoms with Crippen molar-refractivity contribution in [2.45, 2.75) is 7.43 Å². The molecule has 0 aliphatic rings. The summed E-state index contributed by atoms with van der Waals surface area (Å²) in [6.07, 6.45) is 1.12. The van der Waals surface area contributed by atoms with Gasteiger partial charge in [-0.3, -0.25) is 4.55 Å². The molecule has 0 heterocycles. The first-order chi connectivity index (χ1) is 3.06. The molecule has 0 saturated heterocycles. The number of hydrogen-bond acceptors (Lipinski definition) is 2. The second kappa shape index (κ2) is 3.63. The molecule has 0 unspecified atom stereocenters. The molecule has 0 rings (SSSR count). The highest BCUT2D eigenvalue weighted by molar-refractivity contribution is 7.85. The second-order valence-corrected chi connectivity index (χ2v) is 2.53. The van der Waals surface area contributed by atoms with Gasteiger partial charge in [0.2, 0.25) is 0 Å². The Morgan fingerprint density at radius 1 is 1.62 bits per heavy atom. The number of rotatable bonds is 2. The average molecular weight is 138 g/mol. The molecule has 0 aliphatic heterocycles. The van der Waals surface area contributed by atoms with Crippen molar-refractivity contribution in [1.82, 2.24) is 0 Å². The summed E-state index contributed by atoms with van der Waals surface area (Å²) in [6.45, 7) is 3.11. The predicted octanol–water partition coefficient (Wildman–Crippen LogP) is 0.696. The molecule has 8 heavy (non-hydrogen) atoms. The summed E-state index contributed by atoms with van der Waals surface area (Å²) >= 11 is 0. The van der Waals surface area contributed by atoms with E-state index >= 15 is 0 Å². The van der Waals surface area contributed by atoms with Crippen molar-refractivity contribution in [2.24, 2.45) is 0 Å². The molecule has 0 saturated carbocycles. The van der Waals surface area contributed by atoms with E-state index in [9.17, 15) is 8.42 Å². The van der Waals surface area contributed by atoms with Crippen LogP contribution in [0.2, 0.25) is 0 Å². The SMILES string of the molecule is C.C=CCS(=O)(=O)O. The van der Waals surface area contributed by atoms with E-state index in [0.717, 1.165) is 6.08 Å². The van der Waals surface area contributed by atoms with E-state index in [1.807, 2.05) is 0 Å². The van der Waals surface area contributed by atoms with Crippen LogP contribution < -0.4 is 0 Å².